The number of hydrogen-bond acceptors (Lipinski definition) is 7. The normalized spacial score (nSPS) is 15.0. The molecule has 0 spiro atoms. The maximum absolute atomic E-state index is 13.4. The molecule has 0 saturated carbocycles. The van der Waals surface area contributed by atoms with Gasteiger partial charge in [-0.15, -0.1) is 0 Å². The van der Waals surface area contributed by atoms with E-state index in [0.717, 1.165) is 22.9 Å². The maximum atomic E-state index is 13.4. The number of para-hydroxylation sites is 1. The van der Waals surface area contributed by atoms with E-state index in [1.165, 1.54) is 0 Å². The summed E-state index contributed by atoms with van der Waals surface area (Å²) in [5.74, 6) is 0.132. The van der Waals surface area contributed by atoms with E-state index in [2.05, 4.69) is 9.62 Å². The SMILES string of the molecule is CCN1C(=O)C(C)(C)C(=O)N(C)c2cc(CN(CCn3cc(C)c4oc(C)cc4c3=O)Cc3ccccc3NS(C)(=O)=O)ccc21. The van der Waals surface area contributed by atoms with E-state index in [0.29, 0.717) is 66.5 Å². The van der Waals surface area contributed by atoms with E-state index >= 15 is 0 Å². The molecule has 0 saturated heterocycles. The van der Waals surface area contributed by atoms with Gasteiger partial charge in [-0.25, -0.2) is 8.42 Å². The van der Waals surface area contributed by atoms with E-state index < -0.39 is 15.4 Å². The largest absolute Gasteiger partial charge is 0.461 e. The van der Waals surface area contributed by atoms with Crippen LogP contribution < -0.4 is 20.1 Å². The summed E-state index contributed by atoms with van der Waals surface area (Å²) in [7, 11) is -1.83. The summed E-state index contributed by atoms with van der Waals surface area (Å²) in [6.07, 6.45) is 2.91. The lowest BCUT2D eigenvalue weighted by atomic mass is 9.90. The Labute approximate surface area is 269 Å². The second kappa shape index (κ2) is 12.4. The Balaban J connectivity index is 1.51. The summed E-state index contributed by atoms with van der Waals surface area (Å²) < 4.78 is 34.3. The molecule has 4 aromatic rings. The molecular formula is C34H41N5O6S. The van der Waals surface area contributed by atoms with Gasteiger partial charge in [0.2, 0.25) is 21.8 Å². The zero-order valence-corrected chi connectivity index (χ0v) is 28.2. The molecule has 1 aliphatic rings. The van der Waals surface area contributed by atoms with Crippen molar-refractivity contribution in [3.63, 3.8) is 0 Å². The number of pyridine rings is 1. The van der Waals surface area contributed by atoms with Crippen LogP contribution in [0.2, 0.25) is 0 Å². The van der Waals surface area contributed by atoms with Gasteiger partial charge in [-0.05, 0) is 70.0 Å². The summed E-state index contributed by atoms with van der Waals surface area (Å²) in [6.45, 7) is 10.9. The minimum atomic E-state index is -3.52. The minimum absolute atomic E-state index is 0.145. The number of rotatable bonds is 10. The van der Waals surface area contributed by atoms with Gasteiger partial charge in [-0.3, -0.25) is 24.0 Å². The average molecular weight is 648 g/mol. The fourth-order valence-corrected chi connectivity index (χ4v) is 6.70. The first-order valence-electron chi connectivity index (χ1n) is 15.2. The van der Waals surface area contributed by atoms with Crippen LogP contribution in [0.4, 0.5) is 17.1 Å². The van der Waals surface area contributed by atoms with Crippen molar-refractivity contribution >= 4 is 49.9 Å². The van der Waals surface area contributed by atoms with Gasteiger partial charge in [0.25, 0.3) is 5.56 Å². The Morgan fingerprint density at radius 2 is 1.67 bits per heavy atom. The zero-order chi connectivity index (χ0) is 33.6. The molecule has 244 valence electrons. The Morgan fingerprint density at radius 1 is 0.957 bits per heavy atom. The maximum Gasteiger partial charge on any atom is 0.261 e. The van der Waals surface area contributed by atoms with Gasteiger partial charge >= 0.3 is 0 Å². The Bertz CT molecular complexity index is 1990. The number of nitrogens with one attached hydrogen (secondary N) is 1. The van der Waals surface area contributed by atoms with Gasteiger partial charge in [0.05, 0.1) is 28.7 Å². The zero-order valence-electron chi connectivity index (χ0n) is 27.4. The van der Waals surface area contributed by atoms with Crippen LogP contribution in [0, 0.1) is 19.3 Å². The van der Waals surface area contributed by atoms with Crippen LogP contribution in [0.1, 0.15) is 43.2 Å². The lowest BCUT2D eigenvalue weighted by molar-refractivity contribution is -0.137. The topological polar surface area (TPSA) is 125 Å². The van der Waals surface area contributed by atoms with Crippen molar-refractivity contribution in [3.8, 4) is 0 Å². The standard InChI is InChI=1S/C34H41N5O6S/c1-8-39-28-14-13-24(18-29(28)36(6)32(41)34(4,5)33(39)42)20-37(21-25-11-9-10-12-27(25)35-46(7,43)44)15-16-38-19-22(2)30-26(31(38)40)17-23(3)45-30/h9-14,17-19,35H,8,15-16,20-21H2,1-7H3. The quantitative estimate of drug-likeness (QED) is 0.249. The molecule has 2 amide bonds. The van der Waals surface area contributed by atoms with Crippen molar-refractivity contribution in [3.05, 3.63) is 87.5 Å². The van der Waals surface area contributed by atoms with Crippen molar-refractivity contribution in [2.75, 3.05) is 40.9 Å². The van der Waals surface area contributed by atoms with E-state index in [4.69, 9.17) is 4.42 Å². The number of fused-ring (bicyclic) bond motifs is 2. The monoisotopic (exact) mass is 647 g/mol. The number of aryl methyl sites for hydroxylation is 2. The average Bonchev–Trinajstić information content (AvgIpc) is 3.39. The second-order valence-corrected chi connectivity index (χ2v) is 14.3. The van der Waals surface area contributed by atoms with Gasteiger partial charge in [0.1, 0.15) is 16.8 Å². The number of carbonyl (C=O) groups is 2. The number of furan rings is 1. The van der Waals surface area contributed by atoms with Crippen LogP contribution in [0.25, 0.3) is 11.0 Å². The lowest BCUT2D eigenvalue weighted by Gasteiger charge is -2.27. The number of anilines is 3. The highest BCUT2D eigenvalue weighted by molar-refractivity contribution is 7.92. The van der Waals surface area contributed by atoms with Gasteiger partial charge < -0.3 is 18.8 Å². The molecule has 11 nitrogen and oxygen atoms in total. The molecule has 1 N–H and O–H groups in total. The van der Waals surface area contributed by atoms with Gasteiger partial charge in [0.15, 0.2) is 0 Å². The predicted molar refractivity (Wildman–Crippen MR) is 181 cm³/mol. The van der Waals surface area contributed by atoms with Crippen molar-refractivity contribution in [2.24, 2.45) is 5.41 Å². The predicted octanol–water partition coefficient (Wildman–Crippen LogP) is 4.64. The molecule has 5 rings (SSSR count). The van der Waals surface area contributed by atoms with E-state index in [1.807, 2.05) is 51.1 Å². The summed E-state index contributed by atoms with van der Waals surface area (Å²) in [6, 6.07) is 14.7. The van der Waals surface area contributed by atoms with Crippen LogP contribution in [0.3, 0.4) is 0 Å². The fourth-order valence-electron chi connectivity index (χ4n) is 6.10. The second-order valence-electron chi connectivity index (χ2n) is 12.5. The third-order valence-corrected chi connectivity index (χ3v) is 9.04. The van der Waals surface area contributed by atoms with Crippen LogP contribution in [0.5, 0.6) is 0 Å². The molecule has 46 heavy (non-hydrogen) atoms. The first-order valence-corrected chi connectivity index (χ1v) is 17.1. The highest BCUT2D eigenvalue weighted by atomic mass is 32.2. The molecule has 3 heterocycles. The lowest BCUT2D eigenvalue weighted by Crippen LogP contribution is -2.47. The van der Waals surface area contributed by atoms with Gasteiger partial charge in [-0.1, -0.05) is 24.3 Å². The first kappa shape index (κ1) is 33.0. The van der Waals surface area contributed by atoms with Gasteiger partial charge in [0, 0.05) is 51.5 Å². The summed E-state index contributed by atoms with van der Waals surface area (Å²) in [5, 5.41) is 0.531. The number of carbonyl (C=O) groups excluding carboxylic acids is 2. The number of amides is 2. The summed E-state index contributed by atoms with van der Waals surface area (Å²) in [4.78, 5) is 45.5. The molecule has 0 unspecified atom stereocenters. The fraction of sp³-hybridized carbons (Fsp3) is 0.382. The molecule has 0 radical (unpaired) electrons. The van der Waals surface area contributed by atoms with E-state index in [1.54, 1.807) is 59.7 Å². The highest BCUT2D eigenvalue weighted by Crippen LogP contribution is 2.39. The Hall–Kier alpha value is -4.42. The molecular weight excluding hydrogens is 606 g/mol. The molecule has 2 aromatic heterocycles. The molecule has 0 fully saturated rings. The minimum Gasteiger partial charge on any atom is -0.461 e. The van der Waals surface area contributed by atoms with Crippen LogP contribution in [-0.2, 0) is 39.2 Å². The molecule has 0 atom stereocenters. The van der Waals surface area contributed by atoms with Crippen LogP contribution in [0.15, 0.2) is 63.9 Å². The number of sulfonamides is 1. The van der Waals surface area contributed by atoms with Crippen LogP contribution in [-0.4, -0.2) is 56.1 Å². The van der Waals surface area contributed by atoms with Crippen LogP contribution >= 0.6 is 0 Å². The third-order valence-electron chi connectivity index (χ3n) is 8.45. The number of hydrogen-bond donors (Lipinski definition) is 1. The van der Waals surface area contributed by atoms with Crippen molar-refractivity contribution in [1.82, 2.24) is 9.47 Å². The molecule has 0 bridgehead atoms. The molecule has 12 heteroatoms. The van der Waals surface area contributed by atoms with Gasteiger partial charge in [-0.2, -0.15) is 0 Å². The van der Waals surface area contributed by atoms with Crippen molar-refractivity contribution in [1.29, 1.82) is 0 Å². The van der Waals surface area contributed by atoms with E-state index in [9.17, 15) is 22.8 Å². The highest BCUT2D eigenvalue weighted by Gasteiger charge is 2.45. The molecule has 0 aliphatic carbocycles. The Morgan fingerprint density at radius 3 is 2.37 bits per heavy atom. The number of benzene rings is 2. The van der Waals surface area contributed by atoms with Crippen molar-refractivity contribution < 1.29 is 22.4 Å². The number of nitrogens with zero attached hydrogens (tertiary/aromatic N) is 4. The smallest absolute Gasteiger partial charge is 0.261 e. The molecule has 1 aliphatic heterocycles. The third kappa shape index (κ3) is 6.45. The summed E-state index contributed by atoms with van der Waals surface area (Å²) >= 11 is 0. The number of aromatic nitrogens is 1. The first-order chi connectivity index (χ1) is 21.6. The molecule has 2 aromatic carbocycles. The van der Waals surface area contributed by atoms with Crippen molar-refractivity contribution in [2.45, 2.75) is 54.3 Å². The summed E-state index contributed by atoms with van der Waals surface area (Å²) in [5.41, 5.74) is 3.51. The van der Waals surface area contributed by atoms with E-state index in [-0.39, 0.29) is 17.4 Å². The Kier molecular flexibility index (Phi) is 8.89.